The van der Waals surface area contributed by atoms with E-state index in [-0.39, 0.29) is 0 Å². The van der Waals surface area contributed by atoms with Crippen LogP contribution in [0, 0.1) is 12.8 Å². The van der Waals surface area contributed by atoms with Crippen molar-refractivity contribution in [3.8, 4) is 0 Å². The van der Waals surface area contributed by atoms with Gasteiger partial charge in [0.05, 0.1) is 11.7 Å². The molecule has 1 N–H and O–H groups in total. The van der Waals surface area contributed by atoms with Gasteiger partial charge in [-0.05, 0) is 13.0 Å². The van der Waals surface area contributed by atoms with Gasteiger partial charge < -0.3 is 9.73 Å². The Morgan fingerprint density at radius 1 is 1.50 bits per heavy atom. The molecule has 0 aliphatic rings. The van der Waals surface area contributed by atoms with Crippen molar-refractivity contribution in [1.82, 2.24) is 10.3 Å². The maximum atomic E-state index is 5.15. The number of aryl methyl sites for hydroxylation is 1. The van der Waals surface area contributed by atoms with Gasteiger partial charge in [-0.2, -0.15) is 0 Å². The van der Waals surface area contributed by atoms with E-state index in [1.165, 1.54) is 0 Å². The zero-order valence-electron chi connectivity index (χ0n) is 8.09. The molecule has 3 nitrogen and oxygen atoms in total. The van der Waals surface area contributed by atoms with Crippen LogP contribution in [0.25, 0.3) is 0 Å². The summed E-state index contributed by atoms with van der Waals surface area (Å²) < 4.78 is 5.15. The van der Waals surface area contributed by atoms with E-state index >= 15 is 0 Å². The van der Waals surface area contributed by atoms with Gasteiger partial charge in [0, 0.05) is 6.92 Å². The van der Waals surface area contributed by atoms with E-state index in [0.717, 1.165) is 11.6 Å². The molecule has 0 fully saturated rings. The van der Waals surface area contributed by atoms with Crippen LogP contribution in [0.15, 0.2) is 10.7 Å². The van der Waals surface area contributed by atoms with Gasteiger partial charge in [0.2, 0.25) is 0 Å². The molecular formula is C9H16N2O. The fourth-order valence-electron chi connectivity index (χ4n) is 1.35. The minimum Gasteiger partial charge on any atom is -0.449 e. The van der Waals surface area contributed by atoms with E-state index in [4.69, 9.17) is 4.42 Å². The van der Waals surface area contributed by atoms with Crippen molar-refractivity contribution < 1.29 is 4.42 Å². The highest BCUT2D eigenvalue weighted by molar-refractivity contribution is 5.03. The van der Waals surface area contributed by atoms with Crippen LogP contribution in [0.5, 0.6) is 0 Å². The zero-order chi connectivity index (χ0) is 9.14. The highest BCUT2D eigenvalue weighted by Gasteiger charge is 2.16. The van der Waals surface area contributed by atoms with Crippen LogP contribution < -0.4 is 5.32 Å². The summed E-state index contributed by atoms with van der Waals surface area (Å²) in [7, 11) is 1.94. The van der Waals surface area contributed by atoms with E-state index < -0.39 is 0 Å². The van der Waals surface area contributed by atoms with Crippen LogP contribution in [0.1, 0.15) is 31.5 Å². The first kappa shape index (κ1) is 9.26. The summed E-state index contributed by atoms with van der Waals surface area (Å²) >= 11 is 0. The van der Waals surface area contributed by atoms with Crippen LogP contribution in [0.2, 0.25) is 0 Å². The molecule has 3 heteroatoms. The molecule has 1 aromatic heterocycles. The van der Waals surface area contributed by atoms with E-state index in [0.29, 0.717) is 12.0 Å². The van der Waals surface area contributed by atoms with Gasteiger partial charge in [0.1, 0.15) is 6.26 Å². The molecule has 0 amide bonds. The van der Waals surface area contributed by atoms with Gasteiger partial charge >= 0.3 is 0 Å². The van der Waals surface area contributed by atoms with E-state index in [9.17, 15) is 0 Å². The number of hydrogen-bond donors (Lipinski definition) is 1. The molecule has 68 valence electrons. The number of nitrogens with zero attached hydrogens (tertiary/aromatic N) is 1. The predicted octanol–water partition coefficient (Wildman–Crippen LogP) is 1.90. The summed E-state index contributed by atoms with van der Waals surface area (Å²) in [5.74, 6) is 1.25. The largest absolute Gasteiger partial charge is 0.449 e. The number of aromatic nitrogens is 1. The third-order valence-electron chi connectivity index (χ3n) is 1.93. The fraction of sp³-hybridized carbons (Fsp3) is 0.667. The first-order valence-electron chi connectivity index (χ1n) is 4.24. The highest BCUT2D eigenvalue weighted by Crippen LogP contribution is 2.19. The molecule has 12 heavy (non-hydrogen) atoms. The van der Waals surface area contributed by atoms with Crippen molar-refractivity contribution in [1.29, 1.82) is 0 Å². The van der Waals surface area contributed by atoms with Crippen molar-refractivity contribution in [2.45, 2.75) is 26.8 Å². The Morgan fingerprint density at radius 2 is 2.17 bits per heavy atom. The minimum absolute atomic E-state index is 0.294. The molecule has 0 spiro atoms. The number of rotatable bonds is 3. The third kappa shape index (κ3) is 1.85. The molecule has 0 aliphatic heterocycles. The second-order valence-corrected chi connectivity index (χ2v) is 3.30. The normalized spacial score (nSPS) is 13.8. The average Bonchev–Trinajstić information content (AvgIpc) is 2.37. The highest BCUT2D eigenvalue weighted by atomic mass is 16.3. The van der Waals surface area contributed by atoms with E-state index in [2.05, 4.69) is 24.1 Å². The Bertz CT molecular complexity index is 242. The summed E-state index contributed by atoms with van der Waals surface area (Å²) in [6.45, 7) is 6.17. The number of hydrogen-bond acceptors (Lipinski definition) is 3. The summed E-state index contributed by atoms with van der Waals surface area (Å²) in [5, 5.41) is 3.21. The molecule has 0 aliphatic carbocycles. The third-order valence-corrected chi connectivity index (χ3v) is 1.93. The average molecular weight is 168 g/mol. The van der Waals surface area contributed by atoms with E-state index in [1.807, 2.05) is 14.0 Å². The summed E-state index contributed by atoms with van der Waals surface area (Å²) in [4.78, 5) is 4.27. The Balaban J connectivity index is 2.80. The monoisotopic (exact) mass is 168 g/mol. The maximum absolute atomic E-state index is 5.15. The number of nitrogens with one attached hydrogen (secondary N) is 1. The van der Waals surface area contributed by atoms with Crippen LogP contribution in [0.3, 0.4) is 0 Å². The van der Waals surface area contributed by atoms with Crippen LogP contribution in [0.4, 0.5) is 0 Å². The van der Waals surface area contributed by atoms with Gasteiger partial charge in [-0.1, -0.05) is 13.8 Å². The van der Waals surface area contributed by atoms with E-state index in [1.54, 1.807) is 6.26 Å². The topological polar surface area (TPSA) is 38.1 Å². The SMILES string of the molecule is CNC(c1coc(C)n1)C(C)C. The van der Waals surface area contributed by atoms with Crippen molar-refractivity contribution >= 4 is 0 Å². The van der Waals surface area contributed by atoms with Gasteiger partial charge in [-0.25, -0.2) is 4.98 Å². The predicted molar refractivity (Wildman–Crippen MR) is 47.9 cm³/mol. The molecule has 1 aromatic rings. The summed E-state index contributed by atoms with van der Waals surface area (Å²) in [6.07, 6.45) is 1.72. The van der Waals surface area contributed by atoms with Crippen molar-refractivity contribution in [2.24, 2.45) is 5.92 Å². The standard InChI is InChI=1S/C9H16N2O/c1-6(2)9(10-4)8-5-12-7(3)11-8/h5-6,9-10H,1-4H3. The quantitative estimate of drug-likeness (QED) is 0.749. The van der Waals surface area contributed by atoms with Crippen molar-refractivity contribution in [3.05, 3.63) is 17.8 Å². The van der Waals surface area contributed by atoms with Crippen molar-refractivity contribution in [2.75, 3.05) is 7.05 Å². The Kier molecular flexibility index (Phi) is 2.87. The first-order chi connectivity index (χ1) is 5.65. The first-order valence-corrected chi connectivity index (χ1v) is 4.24. The van der Waals surface area contributed by atoms with Gasteiger partial charge in [-0.3, -0.25) is 0 Å². The Hall–Kier alpha value is -0.830. The lowest BCUT2D eigenvalue weighted by Crippen LogP contribution is -2.21. The molecule has 0 radical (unpaired) electrons. The zero-order valence-corrected chi connectivity index (χ0v) is 8.09. The lowest BCUT2D eigenvalue weighted by atomic mass is 10.0. The second kappa shape index (κ2) is 3.72. The molecule has 0 bridgehead atoms. The summed E-state index contributed by atoms with van der Waals surface area (Å²) in [6, 6.07) is 0.294. The molecule has 0 saturated carbocycles. The van der Waals surface area contributed by atoms with Gasteiger partial charge in [0.25, 0.3) is 0 Å². The van der Waals surface area contributed by atoms with Gasteiger partial charge in [0.15, 0.2) is 5.89 Å². The lowest BCUT2D eigenvalue weighted by molar-refractivity contribution is 0.431. The molecule has 1 heterocycles. The minimum atomic E-state index is 0.294. The van der Waals surface area contributed by atoms with Gasteiger partial charge in [-0.15, -0.1) is 0 Å². The fourth-order valence-corrected chi connectivity index (χ4v) is 1.35. The second-order valence-electron chi connectivity index (χ2n) is 3.30. The maximum Gasteiger partial charge on any atom is 0.191 e. The molecule has 0 saturated heterocycles. The van der Waals surface area contributed by atoms with Crippen molar-refractivity contribution in [3.63, 3.8) is 0 Å². The van der Waals surface area contributed by atoms with Crippen LogP contribution in [-0.2, 0) is 0 Å². The number of oxazole rings is 1. The molecule has 1 atom stereocenters. The molecule has 1 unspecified atom stereocenters. The summed E-state index contributed by atoms with van der Waals surface area (Å²) in [5.41, 5.74) is 0.991. The Labute approximate surface area is 73.2 Å². The van der Waals surface area contributed by atoms with Crippen LogP contribution >= 0.6 is 0 Å². The lowest BCUT2D eigenvalue weighted by Gasteiger charge is -2.16. The smallest absolute Gasteiger partial charge is 0.191 e. The molecule has 0 aromatic carbocycles. The molecule has 1 rings (SSSR count). The van der Waals surface area contributed by atoms with Crippen LogP contribution in [-0.4, -0.2) is 12.0 Å². The molecular weight excluding hydrogens is 152 g/mol. The Morgan fingerprint density at radius 3 is 2.50 bits per heavy atom.